The van der Waals surface area contributed by atoms with Crippen molar-refractivity contribution in [3.63, 3.8) is 0 Å². The summed E-state index contributed by atoms with van der Waals surface area (Å²) in [4.78, 5) is 28.4. The van der Waals surface area contributed by atoms with Crippen LogP contribution in [0.2, 0.25) is 0 Å². The van der Waals surface area contributed by atoms with Gasteiger partial charge in [0.1, 0.15) is 5.75 Å². The molecule has 168 valence electrons. The third-order valence-electron chi connectivity index (χ3n) is 4.33. The molecule has 0 aliphatic rings. The van der Waals surface area contributed by atoms with Gasteiger partial charge in [-0.15, -0.1) is 24.5 Å². The van der Waals surface area contributed by atoms with Crippen molar-refractivity contribution in [2.45, 2.75) is 26.3 Å². The minimum absolute atomic E-state index is 0.148. The number of amides is 2. The van der Waals surface area contributed by atoms with E-state index in [2.05, 4.69) is 15.0 Å². The highest BCUT2D eigenvalue weighted by atomic mass is 32.1. The molecule has 0 saturated heterocycles. The number of carbonyl (C=O) groups is 2. The van der Waals surface area contributed by atoms with Crippen LogP contribution in [-0.4, -0.2) is 29.3 Å². The minimum atomic E-state index is -4.77. The summed E-state index contributed by atoms with van der Waals surface area (Å²) in [6.07, 6.45) is -4.19. The third kappa shape index (κ3) is 6.55. The molecule has 0 spiro atoms. The fourth-order valence-electron chi connectivity index (χ4n) is 2.93. The highest BCUT2D eigenvalue weighted by Crippen LogP contribution is 2.27. The van der Waals surface area contributed by atoms with Crippen molar-refractivity contribution in [3.8, 4) is 17.0 Å². The largest absolute Gasteiger partial charge is 0.573 e. The maximum Gasteiger partial charge on any atom is 0.573 e. The van der Waals surface area contributed by atoms with Gasteiger partial charge < -0.3 is 14.6 Å². The lowest BCUT2D eigenvalue weighted by molar-refractivity contribution is -0.274. The predicted octanol–water partition coefficient (Wildman–Crippen LogP) is 4.38. The smallest absolute Gasteiger partial charge is 0.406 e. The first-order valence-corrected chi connectivity index (χ1v) is 10.5. The van der Waals surface area contributed by atoms with E-state index in [0.717, 1.165) is 0 Å². The van der Waals surface area contributed by atoms with Gasteiger partial charge >= 0.3 is 6.36 Å². The van der Waals surface area contributed by atoms with Crippen LogP contribution < -0.4 is 14.9 Å². The van der Waals surface area contributed by atoms with E-state index in [1.807, 2.05) is 4.57 Å². The number of ether oxygens (including phenoxy) is 1. The van der Waals surface area contributed by atoms with Gasteiger partial charge in [-0.05, 0) is 48.4 Å². The maximum absolute atomic E-state index is 12.6. The molecule has 1 heterocycles. The molecule has 2 aromatic carbocycles. The number of halogens is 3. The Morgan fingerprint density at radius 3 is 2.41 bits per heavy atom. The van der Waals surface area contributed by atoms with E-state index < -0.39 is 12.3 Å². The van der Waals surface area contributed by atoms with E-state index in [1.54, 1.807) is 35.7 Å². The number of nitrogens with one attached hydrogen (secondary N) is 1. The molecule has 0 radical (unpaired) electrons. The zero-order valence-electron chi connectivity index (χ0n) is 17.1. The lowest BCUT2D eigenvalue weighted by atomic mass is 10.1. The zero-order chi connectivity index (χ0) is 23.1. The lowest BCUT2D eigenvalue weighted by Crippen LogP contribution is -2.24. The molecule has 0 fully saturated rings. The summed E-state index contributed by atoms with van der Waals surface area (Å²) in [7, 11) is 0. The van der Waals surface area contributed by atoms with Crippen LogP contribution in [0, 0.1) is 0 Å². The predicted molar refractivity (Wildman–Crippen MR) is 114 cm³/mol. The number of nitrogens with zero attached hydrogens (tertiary/aromatic N) is 2. The molecule has 0 aliphatic carbocycles. The van der Waals surface area contributed by atoms with Gasteiger partial charge in [0.05, 0.1) is 5.69 Å². The summed E-state index contributed by atoms with van der Waals surface area (Å²) in [5.41, 5.74) is 1.78. The Hall–Kier alpha value is -3.40. The Labute approximate surface area is 186 Å². The molecule has 3 aromatic rings. The Morgan fingerprint density at radius 1 is 1.09 bits per heavy atom. The van der Waals surface area contributed by atoms with E-state index in [4.69, 9.17) is 0 Å². The highest BCUT2D eigenvalue weighted by molar-refractivity contribution is 7.07. The van der Waals surface area contributed by atoms with E-state index >= 15 is 0 Å². The fourth-order valence-corrected chi connectivity index (χ4v) is 3.86. The highest BCUT2D eigenvalue weighted by Gasteiger charge is 2.31. The maximum atomic E-state index is 12.6. The zero-order valence-corrected chi connectivity index (χ0v) is 17.9. The summed E-state index contributed by atoms with van der Waals surface area (Å²) in [5.74, 6) is -0.869. The number of hydrogen-bond acceptors (Lipinski definition) is 4. The summed E-state index contributed by atoms with van der Waals surface area (Å²) >= 11 is 1.25. The summed E-state index contributed by atoms with van der Waals surface area (Å²) in [6.45, 7) is 2.30. The van der Waals surface area contributed by atoms with Crippen LogP contribution in [0.3, 0.4) is 0 Å². The van der Waals surface area contributed by atoms with Crippen molar-refractivity contribution in [2.24, 2.45) is 4.99 Å². The Bertz CT molecular complexity index is 1140. The van der Waals surface area contributed by atoms with Gasteiger partial charge in [-0.25, -0.2) is 0 Å². The van der Waals surface area contributed by atoms with E-state index in [-0.39, 0.29) is 11.7 Å². The number of rotatable bonds is 7. The van der Waals surface area contributed by atoms with E-state index in [0.29, 0.717) is 41.1 Å². The second kappa shape index (κ2) is 10.3. The molecule has 3 rings (SSSR count). The number of thiazole rings is 1. The first-order chi connectivity index (χ1) is 15.2. The molecule has 1 aromatic heterocycles. The van der Waals surface area contributed by atoms with Crippen molar-refractivity contribution in [2.75, 3.05) is 6.54 Å². The van der Waals surface area contributed by atoms with Gasteiger partial charge in [-0.2, -0.15) is 4.99 Å². The average molecular weight is 463 g/mol. The molecule has 0 unspecified atom stereocenters. The molecule has 32 heavy (non-hydrogen) atoms. The quantitative estimate of drug-likeness (QED) is 0.529. The molecule has 0 aliphatic heterocycles. The molecular weight excluding hydrogens is 443 g/mol. The molecule has 10 heteroatoms. The SMILES string of the molecule is CC(=O)NCCCn1c(-c2ccc(OC(F)(F)F)cc2)csc1=NC(=O)c1ccccc1. The van der Waals surface area contributed by atoms with Gasteiger partial charge in [0, 0.05) is 31.0 Å². The summed E-state index contributed by atoms with van der Waals surface area (Å²) in [6, 6.07) is 14.1. The van der Waals surface area contributed by atoms with Crippen LogP contribution in [0.5, 0.6) is 5.75 Å². The molecule has 1 N–H and O–H groups in total. The molecule has 2 amide bonds. The van der Waals surface area contributed by atoms with Crippen molar-refractivity contribution < 1.29 is 27.5 Å². The van der Waals surface area contributed by atoms with Gasteiger partial charge in [-0.3, -0.25) is 9.59 Å². The van der Waals surface area contributed by atoms with Crippen LogP contribution in [0.4, 0.5) is 13.2 Å². The standard InChI is InChI=1S/C22H20F3N3O3S/c1-15(29)26-12-5-13-28-19(16-8-10-18(11-9-16)31-22(23,24)25)14-32-21(28)27-20(30)17-6-3-2-4-7-17/h2-4,6-11,14H,5,12-13H2,1H3,(H,26,29). The van der Waals surface area contributed by atoms with Gasteiger partial charge in [0.2, 0.25) is 5.91 Å². The second-order valence-electron chi connectivity index (χ2n) is 6.75. The van der Waals surface area contributed by atoms with E-state index in [1.165, 1.54) is 42.5 Å². The van der Waals surface area contributed by atoms with Crippen molar-refractivity contribution >= 4 is 23.2 Å². The monoisotopic (exact) mass is 463 g/mol. The molecule has 0 saturated carbocycles. The Kier molecular flexibility index (Phi) is 7.47. The van der Waals surface area contributed by atoms with Gasteiger partial charge in [-0.1, -0.05) is 18.2 Å². The first kappa shape index (κ1) is 23.3. The molecule has 0 atom stereocenters. The number of alkyl halides is 3. The van der Waals surface area contributed by atoms with Gasteiger partial charge in [0.25, 0.3) is 5.91 Å². The number of benzene rings is 2. The first-order valence-electron chi connectivity index (χ1n) is 9.66. The lowest BCUT2D eigenvalue weighted by Gasteiger charge is -2.11. The Morgan fingerprint density at radius 2 is 1.78 bits per heavy atom. The summed E-state index contributed by atoms with van der Waals surface area (Å²) < 4.78 is 43.0. The number of hydrogen-bond donors (Lipinski definition) is 1. The van der Waals surface area contributed by atoms with Crippen LogP contribution >= 0.6 is 11.3 Å². The number of carbonyl (C=O) groups excluding carboxylic acids is 2. The summed E-state index contributed by atoms with van der Waals surface area (Å²) in [5, 5.41) is 4.50. The van der Waals surface area contributed by atoms with E-state index in [9.17, 15) is 22.8 Å². The fraction of sp³-hybridized carbons (Fsp3) is 0.227. The topological polar surface area (TPSA) is 72.7 Å². The van der Waals surface area contributed by atoms with Crippen molar-refractivity contribution in [1.82, 2.24) is 9.88 Å². The minimum Gasteiger partial charge on any atom is -0.406 e. The average Bonchev–Trinajstić information content (AvgIpc) is 3.13. The molecule has 0 bridgehead atoms. The van der Waals surface area contributed by atoms with Crippen molar-refractivity contribution in [3.05, 3.63) is 70.3 Å². The van der Waals surface area contributed by atoms with Crippen LogP contribution in [0.1, 0.15) is 23.7 Å². The normalized spacial score (nSPS) is 11.9. The number of aromatic nitrogens is 1. The van der Waals surface area contributed by atoms with Crippen molar-refractivity contribution in [1.29, 1.82) is 0 Å². The third-order valence-corrected chi connectivity index (χ3v) is 5.20. The Balaban J connectivity index is 1.92. The molecule has 6 nitrogen and oxygen atoms in total. The second-order valence-corrected chi connectivity index (χ2v) is 7.58. The van der Waals surface area contributed by atoms with Gasteiger partial charge in [0.15, 0.2) is 4.80 Å². The van der Waals surface area contributed by atoms with Crippen LogP contribution in [0.15, 0.2) is 65.0 Å². The molecular formula is C22H20F3N3O3S. The van der Waals surface area contributed by atoms with Crippen LogP contribution in [-0.2, 0) is 11.3 Å². The van der Waals surface area contributed by atoms with Crippen LogP contribution in [0.25, 0.3) is 11.3 Å².